The number of halogens is 3. The van der Waals surface area contributed by atoms with Gasteiger partial charge in [-0.05, 0) is 66.6 Å². The van der Waals surface area contributed by atoms with Crippen LogP contribution < -0.4 is 10.2 Å². The number of nitrogens with one attached hydrogen (secondary N) is 1. The van der Waals surface area contributed by atoms with Gasteiger partial charge in [-0.3, -0.25) is 4.79 Å². The Kier molecular flexibility index (Phi) is 5.48. The van der Waals surface area contributed by atoms with E-state index in [1.807, 2.05) is 12.1 Å². The molecule has 2 aromatic rings. The molecule has 0 radical (unpaired) electrons. The molecule has 1 aliphatic rings. The molecule has 142 valence electrons. The molecule has 0 fully saturated rings. The molecule has 2 aromatic carbocycles. The molecular formula is C20H19F3N2O2. The van der Waals surface area contributed by atoms with Crippen molar-refractivity contribution < 1.29 is 22.7 Å². The van der Waals surface area contributed by atoms with Gasteiger partial charge in [0.2, 0.25) is 0 Å². The number of benzene rings is 2. The number of amides is 1. The zero-order valence-corrected chi connectivity index (χ0v) is 14.8. The van der Waals surface area contributed by atoms with Crippen molar-refractivity contribution in [2.24, 2.45) is 5.10 Å². The molecule has 7 heteroatoms. The molecule has 1 aliphatic carbocycles. The molecule has 0 aromatic heterocycles. The maximum atomic E-state index is 12.7. The minimum absolute atomic E-state index is 0.213. The number of hydrogen-bond donors (Lipinski definition) is 1. The van der Waals surface area contributed by atoms with E-state index in [1.54, 1.807) is 0 Å². The highest BCUT2D eigenvalue weighted by atomic mass is 19.4. The lowest BCUT2D eigenvalue weighted by atomic mass is 10.0. The predicted molar refractivity (Wildman–Crippen MR) is 95.9 cm³/mol. The molecule has 4 nitrogen and oxygen atoms in total. The fourth-order valence-electron chi connectivity index (χ4n) is 3.14. The van der Waals surface area contributed by atoms with Gasteiger partial charge in [0, 0.05) is 0 Å². The molecule has 1 N–H and O–H groups in total. The van der Waals surface area contributed by atoms with Crippen LogP contribution in [0, 0.1) is 6.92 Å². The summed E-state index contributed by atoms with van der Waals surface area (Å²) >= 11 is 0. The summed E-state index contributed by atoms with van der Waals surface area (Å²) in [4.78, 5) is 11.9. The van der Waals surface area contributed by atoms with E-state index in [1.165, 1.54) is 23.3 Å². The van der Waals surface area contributed by atoms with E-state index in [4.69, 9.17) is 4.74 Å². The Balaban J connectivity index is 1.55. The van der Waals surface area contributed by atoms with Gasteiger partial charge in [0.15, 0.2) is 6.61 Å². The van der Waals surface area contributed by atoms with Crippen LogP contribution in [0.1, 0.15) is 34.2 Å². The van der Waals surface area contributed by atoms with Crippen LogP contribution in [0.4, 0.5) is 13.2 Å². The smallest absolute Gasteiger partial charge is 0.416 e. The minimum Gasteiger partial charge on any atom is -0.483 e. The Labute approximate surface area is 155 Å². The van der Waals surface area contributed by atoms with Crippen molar-refractivity contribution in [2.75, 3.05) is 6.61 Å². The van der Waals surface area contributed by atoms with Gasteiger partial charge in [0.1, 0.15) is 5.75 Å². The van der Waals surface area contributed by atoms with E-state index >= 15 is 0 Å². The normalized spacial score (nSPS) is 13.6. The van der Waals surface area contributed by atoms with Crippen molar-refractivity contribution in [3.63, 3.8) is 0 Å². The molecule has 3 rings (SSSR count). The lowest BCUT2D eigenvalue weighted by Gasteiger charge is -2.11. The third kappa shape index (κ3) is 4.67. The van der Waals surface area contributed by atoms with Crippen LogP contribution in [0.15, 0.2) is 41.5 Å². The van der Waals surface area contributed by atoms with Crippen molar-refractivity contribution in [1.29, 1.82) is 0 Å². The van der Waals surface area contributed by atoms with Crippen LogP contribution >= 0.6 is 0 Å². The Morgan fingerprint density at radius 1 is 1.22 bits per heavy atom. The number of fused-ring (bicyclic) bond motifs is 1. The van der Waals surface area contributed by atoms with Crippen LogP contribution in [-0.4, -0.2) is 18.7 Å². The highest BCUT2D eigenvalue weighted by Crippen LogP contribution is 2.33. The highest BCUT2D eigenvalue weighted by Gasteiger charge is 2.30. The van der Waals surface area contributed by atoms with Gasteiger partial charge >= 0.3 is 6.18 Å². The maximum absolute atomic E-state index is 12.7. The zero-order chi connectivity index (χ0) is 19.4. The number of ether oxygens (including phenoxy) is 1. The second-order valence-electron chi connectivity index (χ2n) is 6.40. The third-order valence-electron chi connectivity index (χ3n) is 4.45. The van der Waals surface area contributed by atoms with Gasteiger partial charge in [0.05, 0.1) is 11.8 Å². The minimum atomic E-state index is -4.42. The largest absolute Gasteiger partial charge is 0.483 e. The first-order chi connectivity index (χ1) is 12.8. The first kappa shape index (κ1) is 18.9. The van der Waals surface area contributed by atoms with Gasteiger partial charge < -0.3 is 4.74 Å². The molecule has 0 atom stereocenters. The summed E-state index contributed by atoms with van der Waals surface area (Å²) in [5, 5.41) is 3.69. The fourth-order valence-corrected chi connectivity index (χ4v) is 3.14. The quantitative estimate of drug-likeness (QED) is 0.633. The summed E-state index contributed by atoms with van der Waals surface area (Å²) in [6, 6.07) is 8.53. The molecule has 0 saturated carbocycles. The van der Waals surface area contributed by atoms with Crippen LogP contribution in [0.3, 0.4) is 0 Å². The van der Waals surface area contributed by atoms with Crippen molar-refractivity contribution in [1.82, 2.24) is 5.43 Å². The van der Waals surface area contributed by atoms with E-state index in [9.17, 15) is 18.0 Å². The molecule has 27 heavy (non-hydrogen) atoms. The van der Waals surface area contributed by atoms with Gasteiger partial charge in [-0.2, -0.15) is 18.3 Å². The summed E-state index contributed by atoms with van der Waals surface area (Å²) in [6.45, 7) is 1.85. The average molecular weight is 376 g/mol. The van der Waals surface area contributed by atoms with E-state index < -0.39 is 17.6 Å². The van der Waals surface area contributed by atoms with E-state index in [-0.39, 0.29) is 12.2 Å². The van der Waals surface area contributed by atoms with E-state index in [0.717, 1.165) is 43.2 Å². The molecule has 0 heterocycles. The lowest BCUT2D eigenvalue weighted by molar-refractivity contribution is -0.137. The Morgan fingerprint density at radius 3 is 2.78 bits per heavy atom. The number of hydrogen-bond acceptors (Lipinski definition) is 3. The lowest BCUT2D eigenvalue weighted by Crippen LogP contribution is -2.24. The van der Waals surface area contributed by atoms with Crippen molar-refractivity contribution in [3.8, 4) is 5.75 Å². The van der Waals surface area contributed by atoms with Crippen LogP contribution in [0.5, 0.6) is 5.75 Å². The second kappa shape index (κ2) is 7.82. The number of carbonyl (C=O) groups is 1. The number of hydrazone groups is 1. The number of rotatable bonds is 5. The average Bonchev–Trinajstić information content (AvgIpc) is 3.12. The molecule has 0 unspecified atom stereocenters. The SMILES string of the molecule is Cc1ccc(OCC(=O)N/N=C/c2cccc(C(F)(F)F)c2)c2c1CCC2. The van der Waals surface area contributed by atoms with Crippen LogP contribution in [-0.2, 0) is 23.8 Å². The number of aryl methyl sites for hydroxylation is 1. The highest BCUT2D eigenvalue weighted by molar-refractivity contribution is 5.83. The summed E-state index contributed by atoms with van der Waals surface area (Å²) in [5.74, 6) is 0.218. The topological polar surface area (TPSA) is 50.7 Å². The van der Waals surface area contributed by atoms with Crippen molar-refractivity contribution in [2.45, 2.75) is 32.4 Å². The third-order valence-corrected chi connectivity index (χ3v) is 4.45. The first-order valence-corrected chi connectivity index (χ1v) is 8.58. The van der Waals surface area contributed by atoms with E-state index in [0.29, 0.717) is 5.75 Å². The van der Waals surface area contributed by atoms with Gasteiger partial charge in [-0.25, -0.2) is 5.43 Å². The fraction of sp³-hybridized carbons (Fsp3) is 0.300. The monoisotopic (exact) mass is 376 g/mol. The second-order valence-corrected chi connectivity index (χ2v) is 6.40. The van der Waals surface area contributed by atoms with Crippen molar-refractivity contribution in [3.05, 3.63) is 64.2 Å². The predicted octanol–water partition coefficient (Wildman–Crippen LogP) is 4.03. The maximum Gasteiger partial charge on any atom is 0.416 e. The number of alkyl halides is 3. The van der Waals surface area contributed by atoms with Crippen LogP contribution in [0.25, 0.3) is 0 Å². The molecule has 0 bridgehead atoms. The molecular weight excluding hydrogens is 357 g/mol. The summed E-state index contributed by atoms with van der Waals surface area (Å²) < 4.78 is 43.6. The Hall–Kier alpha value is -2.83. The summed E-state index contributed by atoms with van der Waals surface area (Å²) in [7, 11) is 0. The number of nitrogens with zero attached hydrogens (tertiary/aromatic N) is 1. The molecule has 1 amide bonds. The van der Waals surface area contributed by atoms with Gasteiger partial charge in [-0.15, -0.1) is 0 Å². The first-order valence-electron chi connectivity index (χ1n) is 8.58. The van der Waals surface area contributed by atoms with Crippen LogP contribution in [0.2, 0.25) is 0 Å². The standard InChI is InChI=1S/C20H19F3N2O2/c1-13-8-9-18(17-7-3-6-16(13)17)27-12-19(26)25-24-11-14-4-2-5-15(10-14)20(21,22)23/h2,4-5,8-11H,3,6-7,12H2,1H3,(H,25,26)/b24-11+. The molecule has 0 aliphatic heterocycles. The van der Waals surface area contributed by atoms with Crippen molar-refractivity contribution >= 4 is 12.1 Å². The Morgan fingerprint density at radius 2 is 2.00 bits per heavy atom. The molecule has 0 saturated heterocycles. The Bertz CT molecular complexity index is 876. The summed E-state index contributed by atoms with van der Waals surface area (Å²) in [5.41, 5.74) is 5.39. The molecule has 0 spiro atoms. The number of carbonyl (C=O) groups excluding carboxylic acids is 1. The zero-order valence-electron chi connectivity index (χ0n) is 14.8. The van der Waals surface area contributed by atoms with Gasteiger partial charge in [0.25, 0.3) is 5.91 Å². The van der Waals surface area contributed by atoms with Gasteiger partial charge in [-0.1, -0.05) is 18.2 Å². The summed E-state index contributed by atoms with van der Waals surface area (Å²) in [6.07, 6.45) is -0.233. The van der Waals surface area contributed by atoms with E-state index in [2.05, 4.69) is 17.5 Å².